The molecule has 0 radical (unpaired) electrons. The Balaban J connectivity index is 1.18. The number of hydrogen-bond donors (Lipinski definition) is 0. The lowest BCUT2D eigenvalue weighted by atomic mass is 9.58. The van der Waals surface area contributed by atoms with Gasteiger partial charge in [0.2, 0.25) is 0 Å². The van der Waals surface area contributed by atoms with E-state index in [-0.39, 0.29) is 16.6 Å². The van der Waals surface area contributed by atoms with E-state index in [0.717, 1.165) is 51.7 Å². The van der Waals surface area contributed by atoms with Gasteiger partial charge in [-0.05, 0) is 90.0 Å². The summed E-state index contributed by atoms with van der Waals surface area (Å²) < 4.78 is 19.7. The second kappa shape index (κ2) is 6.60. The second-order valence-electron chi connectivity index (χ2n) is 12.0. The average Bonchev–Trinajstić information content (AvgIpc) is 3.53. The molecular formula is C30H33NO3. The van der Waals surface area contributed by atoms with Gasteiger partial charge in [0.25, 0.3) is 0 Å². The SMILES string of the molecule is C[C@]12CC=C3C=C4CCC5(C[C@]46CCC3(O6)[C@@H]1CC[C@@H]2c1ccc2ccncc2c1)OCCO5. The molecule has 3 aliphatic carbocycles. The van der Waals surface area contributed by atoms with Gasteiger partial charge in [0.15, 0.2) is 5.79 Å². The van der Waals surface area contributed by atoms with Crippen LogP contribution in [0.15, 0.2) is 60.0 Å². The fraction of sp³-hybridized carbons (Fsp3) is 0.567. The minimum atomic E-state index is -0.417. The third-order valence-corrected chi connectivity index (χ3v) is 10.6. The van der Waals surface area contributed by atoms with Gasteiger partial charge >= 0.3 is 0 Å². The first-order valence-corrected chi connectivity index (χ1v) is 13.3. The van der Waals surface area contributed by atoms with E-state index in [4.69, 9.17) is 14.2 Å². The summed E-state index contributed by atoms with van der Waals surface area (Å²) in [5.74, 6) is 0.688. The average molecular weight is 456 g/mol. The van der Waals surface area contributed by atoms with Crippen molar-refractivity contribution in [2.24, 2.45) is 11.3 Å². The van der Waals surface area contributed by atoms with E-state index in [1.54, 1.807) is 0 Å². The van der Waals surface area contributed by atoms with Crippen LogP contribution < -0.4 is 0 Å². The Morgan fingerprint density at radius 1 is 1.00 bits per heavy atom. The van der Waals surface area contributed by atoms with Gasteiger partial charge in [-0.2, -0.15) is 0 Å². The van der Waals surface area contributed by atoms with E-state index < -0.39 is 5.79 Å². The molecule has 2 bridgehead atoms. The first kappa shape index (κ1) is 20.2. The predicted molar refractivity (Wildman–Crippen MR) is 130 cm³/mol. The number of aromatic nitrogens is 1. The Morgan fingerprint density at radius 2 is 1.91 bits per heavy atom. The molecule has 4 heterocycles. The van der Waals surface area contributed by atoms with E-state index >= 15 is 0 Å². The molecule has 3 aliphatic heterocycles. The summed E-state index contributed by atoms with van der Waals surface area (Å²) >= 11 is 0. The molecule has 4 heteroatoms. The topological polar surface area (TPSA) is 40.6 Å². The zero-order chi connectivity index (χ0) is 22.6. The molecule has 1 aromatic heterocycles. The number of ether oxygens (including phenoxy) is 3. The molecule has 8 rings (SSSR count). The van der Waals surface area contributed by atoms with Gasteiger partial charge in [-0.3, -0.25) is 4.98 Å². The summed E-state index contributed by atoms with van der Waals surface area (Å²) in [6.07, 6.45) is 17.7. The molecule has 0 amide bonds. The van der Waals surface area contributed by atoms with Crippen LogP contribution in [-0.2, 0) is 14.2 Å². The zero-order valence-electron chi connectivity index (χ0n) is 20.0. The van der Waals surface area contributed by atoms with Gasteiger partial charge in [0.1, 0.15) is 0 Å². The molecule has 2 saturated carbocycles. The first-order valence-electron chi connectivity index (χ1n) is 13.3. The molecule has 4 fully saturated rings. The van der Waals surface area contributed by atoms with E-state index in [9.17, 15) is 0 Å². The Morgan fingerprint density at radius 3 is 2.82 bits per heavy atom. The van der Waals surface area contributed by atoms with Gasteiger partial charge in [-0.15, -0.1) is 0 Å². The first-order chi connectivity index (χ1) is 16.5. The van der Waals surface area contributed by atoms with Crippen LogP contribution in [0.3, 0.4) is 0 Å². The van der Waals surface area contributed by atoms with Crippen molar-refractivity contribution < 1.29 is 14.2 Å². The summed E-state index contributed by atoms with van der Waals surface area (Å²) in [6, 6.07) is 9.16. The fourth-order valence-electron chi connectivity index (χ4n) is 9.00. The van der Waals surface area contributed by atoms with Crippen LogP contribution >= 0.6 is 0 Å². The minimum Gasteiger partial charge on any atom is -0.359 e. The van der Waals surface area contributed by atoms with Crippen molar-refractivity contribution >= 4 is 10.8 Å². The minimum absolute atomic E-state index is 0.138. The summed E-state index contributed by atoms with van der Waals surface area (Å²) in [4.78, 5) is 4.37. The Hall–Kier alpha value is -2.01. The van der Waals surface area contributed by atoms with Gasteiger partial charge in [0, 0.05) is 30.6 Å². The summed E-state index contributed by atoms with van der Waals surface area (Å²) in [5.41, 5.74) is 4.33. The van der Waals surface area contributed by atoms with Crippen molar-refractivity contribution in [3.63, 3.8) is 0 Å². The number of benzene rings is 1. The maximum atomic E-state index is 7.39. The molecule has 5 atom stereocenters. The Labute approximate surface area is 201 Å². The maximum absolute atomic E-state index is 7.39. The van der Waals surface area contributed by atoms with Crippen molar-refractivity contribution in [3.8, 4) is 0 Å². The molecule has 2 aromatic rings. The monoisotopic (exact) mass is 455 g/mol. The number of rotatable bonds is 1. The predicted octanol–water partition coefficient (Wildman–Crippen LogP) is 6.22. The third-order valence-electron chi connectivity index (χ3n) is 10.6. The lowest BCUT2D eigenvalue weighted by Crippen LogP contribution is -2.56. The van der Waals surface area contributed by atoms with E-state index in [2.05, 4.69) is 48.3 Å². The lowest BCUT2D eigenvalue weighted by molar-refractivity contribution is -0.226. The third kappa shape index (κ3) is 2.47. The highest BCUT2D eigenvalue weighted by Gasteiger charge is 2.68. The normalized spacial score (nSPS) is 41.7. The van der Waals surface area contributed by atoms with Crippen LogP contribution in [-0.4, -0.2) is 35.2 Å². The van der Waals surface area contributed by atoms with Crippen molar-refractivity contribution in [2.45, 2.75) is 81.2 Å². The largest absolute Gasteiger partial charge is 0.359 e. The highest BCUT2D eigenvalue weighted by Crippen LogP contribution is 2.69. The molecule has 0 N–H and O–H groups in total. The van der Waals surface area contributed by atoms with Crippen molar-refractivity contribution in [2.75, 3.05) is 13.2 Å². The van der Waals surface area contributed by atoms with Crippen LogP contribution in [0.5, 0.6) is 0 Å². The Kier molecular flexibility index (Phi) is 3.92. The van der Waals surface area contributed by atoms with E-state index in [1.165, 1.54) is 40.3 Å². The van der Waals surface area contributed by atoms with E-state index in [0.29, 0.717) is 11.8 Å². The fourth-order valence-corrected chi connectivity index (χ4v) is 9.00. The maximum Gasteiger partial charge on any atom is 0.171 e. The van der Waals surface area contributed by atoms with Crippen molar-refractivity contribution in [3.05, 3.63) is 65.5 Å². The molecule has 1 aromatic carbocycles. The van der Waals surface area contributed by atoms with Crippen LogP contribution in [0.1, 0.15) is 69.8 Å². The molecule has 34 heavy (non-hydrogen) atoms. The molecule has 3 spiro atoms. The number of allylic oxidation sites excluding steroid dienone is 1. The lowest BCUT2D eigenvalue weighted by Gasteiger charge is -2.55. The van der Waals surface area contributed by atoms with Gasteiger partial charge in [0.05, 0.1) is 24.4 Å². The summed E-state index contributed by atoms with van der Waals surface area (Å²) in [6.45, 7) is 3.98. The molecule has 6 aliphatic rings. The van der Waals surface area contributed by atoms with E-state index in [1.807, 2.05) is 12.4 Å². The van der Waals surface area contributed by atoms with Crippen LogP contribution in [0.4, 0.5) is 0 Å². The molecule has 1 unspecified atom stereocenters. The smallest absolute Gasteiger partial charge is 0.171 e. The van der Waals surface area contributed by atoms with Crippen molar-refractivity contribution in [1.82, 2.24) is 4.98 Å². The van der Waals surface area contributed by atoms with Crippen molar-refractivity contribution in [1.29, 1.82) is 0 Å². The number of pyridine rings is 1. The number of fused-ring (bicyclic) bond motifs is 2. The van der Waals surface area contributed by atoms with Crippen LogP contribution in [0.25, 0.3) is 10.8 Å². The van der Waals surface area contributed by atoms with Crippen LogP contribution in [0.2, 0.25) is 0 Å². The second-order valence-corrected chi connectivity index (χ2v) is 12.0. The molecular weight excluding hydrogens is 422 g/mol. The quantitative estimate of drug-likeness (QED) is 0.512. The molecule has 176 valence electrons. The highest BCUT2D eigenvalue weighted by atomic mass is 16.7. The van der Waals surface area contributed by atoms with Gasteiger partial charge in [-0.25, -0.2) is 0 Å². The number of hydrogen-bond acceptors (Lipinski definition) is 4. The van der Waals surface area contributed by atoms with Gasteiger partial charge < -0.3 is 14.2 Å². The number of nitrogens with zero attached hydrogens (tertiary/aromatic N) is 1. The molecule has 4 nitrogen and oxygen atoms in total. The zero-order valence-corrected chi connectivity index (χ0v) is 20.0. The summed E-state index contributed by atoms with van der Waals surface area (Å²) in [7, 11) is 0. The molecule has 2 saturated heterocycles. The highest BCUT2D eigenvalue weighted by molar-refractivity contribution is 5.82. The summed E-state index contributed by atoms with van der Waals surface area (Å²) in [5, 5.41) is 2.53. The van der Waals surface area contributed by atoms with Crippen LogP contribution in [0, 0.1) is 11.3 Å². The van der Waals surface area contributed by atoms with Gasteiger partial charge in [-0.1, -0.05) is 31.2 Å². The standard InChI is InChI=1S/C30H33NO3/c1-27-9-6-24-17-23-7-10-29(32-14-15-33-29)19-28(23)11-12-30(24,34-28)26(27)5-4-25(27)21-3-2-20-8-13-31-18-22(20)16-21/h2-3,6,8,13,16-18,25-26H,4-5,7,9-12,14-15,19H2,1H3/t25-,26-,27-,28-,30?/m1/s1. The Bertz CT molecular complexity index is 1260.